The van der Waals surface area contributed by atoms with E-state index in [1.54, 1.807) is 0 Å². The van der Waals surface area contributed by atoms with Crippen LogP contribution in [-0.4, -0.2) is 5.91 Å². The maximum atomic E-state index is 13.6. The van der Waals surface area contributed by atoms with Crippen molar-refractivity contribution in [1.82, 2.24) is 0 Å². The number of nitrogen functional groups attached to an aromatic ring is 1. The number of hydrogen-bond donors (Lipinski definition) is 2. The Morgan fingerprint density at radius 3 is 2.40 bits per heavy atom. The molecule has 0 fully saturated rings. The Morgan fingerprint density at radius 2 is 1.75 bits per heavy atom. The van der Waals surface area contributed by atoms with Gasteiger partial charge in [0.1, 0.15) is 5.82 Å². The monoisotopic (exact) mass is 344 g/mol. The van der Waals surface area contributed by atoms with Gasteiger partial charge in [0.05, 0.1) is 11.3 Å². The van der Waals surface area contributed by atoms with Crippen LogP contribution in [0.2, 0.25) is 0 Å². The first kappa shape index (κ1) is 14.4. The van der Waals surface area contributed by atoms with Crippen molar-refractivity contribution >= 4 is 33.2 Å². The fourth-order valence-corrected chi connectivity index (χ4v) is 2.00. The highest BCUT2D eigenvalue weighted by atomic mass is 79.9. The number of rotatable bonds is 2. The molecule has 0 radical (unpaired) electrons. The van der Waals surface area contributed by atoms with Gasteiger partial charge in [0, 0.05) is 16.2 Å². The smallest absolute Gasteiger partial charge is 0.257 e. The molecule has 2 aromatic rings. The fraction of sp³-hybridized carbons (Fsp3) is 0. The predicted molar refractivity (Wildman–Crippen MR) is 72.8 cm³/mol. The zero-order chi connectivity index (χ0) is 14.9. The van der Waals surface area contributed by atoms with Gasteiger partial charge < -0.3 is 11.1 Å². The van der Waals surface area contributed by atoms with Crippen molar-refractivity contribution in [3.63, 3.8) is 0 Å². The summed E-state index contributed by atoms with van der Waals surface area (Å²) >= 11 is 3.07. The quantitative estimate of drug-likeness (QED) is 0.816. The maximum absolute atomic E-state index is 13.6. The lowest BCUT2D eigenvalue weighted by Gasteiger charge is -2.10. The molecule has 0 aliphatic carbocycles. The highest BCUT2D eigenvalue weighted by Crippen LogP contribution is 2.26. The van der Waals surface area contributed by atoms with Crippen LogP contribution in [0.1, 0.15) is 10.4 Å². The number of anilines is 2. The summed E-state index contributed by atoms with van der Waals surface area (Å²) in [7, 11) is 0. The van der Waals surface area contributed by atoms with Crippen molar-refractivity contribution in [3.05, 3.63) is 57.8 Å². The van der Waals surface area contributed by atoms with Crippen molar-refractivity contribution < 1.29 is 18.0 Å². The summed E-state index contributed by atoms with van der Waals surface area (Å²) in [6, 6.07) is 5.47. The lowest BCUT2D eigenvalue weighted by atomic mass is 10.1. The van der Waals surface area contributed by atoms with E-state index in [2.05, 4.69) is 21.2 Å². The number of hydrogen-bond acceptors (Lipinski definition) is 2. The average molecular weight is 345 g/mol. The van der Waals surface area contributed by atoms with Gasteiger partial charge in [-0.2, -0.15) is 0 Å². The Balaban J connectivity index is 2.36. The Morgan fingerprint density at radius 1 is 1.10 bits per heavy atom. The van der Waals surface area contributed by atoms with E-state index in [4.69, 9.17) is 5.73 Å². The maximum Gasteiger partial charge on any atom is 0.257 e. The SMILES string of the molecule is Nc1cc(F)c(F)cc1C(=O)Nc1c(F)cccc1Br. The van der Waals surface area contributed by atoms with Crippen LogP contribution >= 0.6 is 15.9 Å². The summed E-state index contributed by atoms with van der Waals surface area (Å²) in [6.07, 6.45) is 0. The van der Waals surface area contributed by atoms with Crippen LogP contribution in [0.25, 0.3) is 0 Å². The molecular formula is C13H8BrF3N2O. The number of nitrogens with two attached hydrogens (primary N) is 1. The van der Waals surface area contributed by atoms with Gasteiger partial charge in [0.15, 0.2) is 11.6 Å². The summed E-state index contributed by atoms with van der Waals surface area (Å²) in [4.78, 5) is 11.9. The number of benzene rings is 2. The number of nitrogens with one attached hydrogen (secondary N) is 1. The fourth-order valence-electron chi connectivity index (χ4n) is 1.56. The van der Waals surface area contributed by atoms with Crippen LogP contribution in [0, 0.1) is 17.5 Å². The molecule has 7 heteroatoms. The molecule has 0 aliphatic rings. The van der Waals surface area contributed by atoms with E-state index in [1.807, 2.05) is 0 Å². The molecule has 104 valence electrons. The lowest BCUT2D eigenvalue weighted by molar-refractivity contribution is 0.102. The molecule has 0 saturated heterocycles. The highest BCUT2D eigenvalue weighted by molar-refractivity contribution is 9.10. The molecule has 0 atom stereocenters. The van der Waals surface area contributed by atoms with E-state index >= 15 is 0 Å². The molecule has 0 spiro atoms. The minimum absolute atomic E-state index is 0.110. The molecule has 2 rings (SSSR count). The van der Waals surface area contributed by atoms with Gasteiger partial charge in [-0.15, -0.1) is 0 Å². The van der Waals surface area contributed by atoms with Gasteiger partial charge >= 0.3 is 0 Å². The first-order chi connectivity index (χ1) is 9.40. The highest BCUT2D eigenvalue weighted by Gasteiger charge is 2.17. The number of amides is 1. The standard InChI is InChI=1S/C13H8BrF3N2O/c14-7-2-1-3-8(15)12(7)19-13(20)6-4-9(16)10(17)5-11(6)18/h1-5H,18H2,(H,19,20). The van der Waals surface area contributed by atoms with Crippen LogP contribution in [0.3, 0.4) is 0 Å². The summed E-state index contributed by atoms with van der Waals surface area (Å²) in [5.41, 5.74) is 4.82. The molecular weight excluding hydrogens is 337 g/mol. The number of halogens is 4. The van der Waals surface area contributed by atoms with E-state index in [0.29, 0.717) is 16.6 Å². The van der Waals surface area contributed by atoms with Crippen molar-refractivity contribution in [2.45, 2.75) is 0 Å². The van der Waals surface area contributed by atoms with Crippen LogP contribution in [0.4, 0.5) is 24.5 Å². The van der Waals surface area contributed by atoms with Crippen LogP contribution in [-0.2, 0) is 0 Å². The second-order valence-electron chi connectivity index (χ2n) is 3.90. The predicted octanol–water partition coefficient (Wildman–Crippen LogP) is 3.70. The molecule has 0 aliphatic heterocycles. The summed E-state index contributed by atoms with van der Waals surface area (Å²) < 4.78 is 39.9. The van der Waals surface area contributed by atoms with Crippen molar-refractivity contribution in [3.8, 4) is 0 Å². The normalized spacial score (nSPS) is 10.4. The number of carbonyl (C=O) groups is 1. The van der Waals surface area contributed by atoms with Crippen LogP contribution < -0.4 is 11.1 Å². The molecule has 3 nitrogen and oxygen atoms in total. The van der Waals surface area contributed by atoms with Crippen molar-refractivity contribution in [2.75, 3.05) is 11.1 Å². The molecule has 0 unspecified atom stereocenters. The van der Waals surface area contributed by atoms with Gasteiger partial charge in [-0.1, -0.05) is 6.07 Å². The molecule has 0 bridgehead atoms. The van der Waals surface area contributed by atoms with E-state index in [-0.39, 0.29) is 16.9 Å². The minimum Gasteiger partial charge on any atom is -0.398 e. The summed E-state index contributed by atoms with van der Waals surface area (Å²) in [5.74, 6) is -3.89. The summed E-state index contributed by atoms with van der Waals surface area (Å²) in [6.45, 7) is 0. The number of para-hydroxylation sites is 1. The minimum atomic E-state index is -1.21. The average Bonchev–Trinajstić information content (AvgIpc) is 2.38. The van der Waals surface area contributed by atoms with Crippen LogP contribution in [0.5, 0.6) is 0 Å². The molecule has 0 aromatic heterocycles. The van der Waals surface area contributed by atoms with E-state index in [1.165, 1.54) is 12.1 Å². The third-order valence-corrected chi connectivity index (χ3v) is 3.20. The Bertz CT molecular complexity index is 671. The molecule has 0 saturated carbocycles. The van der Waals surface area contributed by atoms with E-state index in [9.17, 15) is 18.0 Å². The van der Waals surface area contributed by atoms with Crippen LogP contribution in [0.15, 0.2) is 34.8 Å². The summed E-state index contributed by atoms with van der Waals surface area (Å²) in [5, 5.41) is 2.25. The molecule has 0 heterocycles. The second-order valence-corrected chi connectivity index (χ2v) is 4.76. The molecule has 1 amide bonds. The largest absolute Gasteiger partial charge is 0.398 e. The van der Waals surface area contributed by atoms with Gasteiger partial charge in [-0.05, 0) is 34.1 Å². The number of carbonyl (C=O) groups excluding carboxylic acids is 1. The molecule has 3 N–H and O–H groups in total. The second kappa shape index (κ2) is 5.54. The third-order valence-electron chi connectivity index (χ3n) is 2.54. The zero-order valence-corrected chi connectivity index (χ0v) is 11.5. The van der Waals surface area contributed by atoms with Gasteiger partial charge in [-0.3, -0.25) is 4.79 Å². The Hall–Kier alpha value is -2.02. The van der Waals surface area contributed by atoms with E-state index in [0.717, 1.165) is 6.07 Å². The topological polar surface area (TPSA) is 55.1 Å². The van der Waals surface area contributed by atoms with Crippen molar-refractivity contribution in [1.29, 1.82) is 0 Å². The van der Waals surface area contributed by atoms with Gasteiger partial charge in [0.25, 0.3) is 5.91 Å². The van der Waals surface area contributed by atoms with Gasteiger partial charge in [-0.25, -0.2) is 13.2 Å². The zero-order valence-electron chi connectivity index (χ0n) is 9.88. The van der Waals surface area contributed by atoms with Crippen molar-refractivity contribution in [2.24, 2.45) is 0 Å². The first-order valence-corrected chi connectivity index (χ1v) is 6.19. The first-order valence-electron chi connectivity index (χ1n) is 5.40. The Labute approximate surface area is 120 Å². The molecule has 2 aromatic carbocycles. The third kappa shape index (κ3) is 2.77. The molecule has 20 heavy (non-hydrogen) atoms. The van der Waals surface area contributed by atoms with Gasteiger partial charge in [0.2, 0.25) is 0 Å². The lowest BCUT2D eigenvalue weighted by Crippen LogP contribution is -2.16. The Kier molecular flexibility index (Phi) is 3.99. The van der Waals surface area contributed by atoms with E-state index < -0.39 is 23.4 Å².